The topological polar surface area (TPSA) is 80.0 Å². The Hall–Kier alpha value is -2.21. The van der Waals surface area contributed by atoms with Gasteiger partial charge in [-0.1, -0.05) is 30.2 Å². The van der Waals surface area contributed by atoms with Crippen LogP contribution in [0.2, 0.25) is 0 Å². The highest BCUT2D eigenvalue weighted by atomic mass is 16.4. The van der Waals surface area contributed by atoms with Gasteiger partial charge in [-0.15, -0.1) is 5.10 Å². The smallest absolute Gasteiger partial charge is 0.322 e. The zero-order chi connectivity index (χ0) is 14.7. The number of rotatable bonds is 4. The van der Waals surface area contributed by atoms with Crippen LogP contribution in [-0.4, -0.2) is 22.6 Å². The van der Waals surface area contributed by atoms with Gasteiger partial charge in [-0.25, -0.2) is 0 Å². The number of nitrogens with zero attached hydrogens (tertiary/aromatic N) is 2. The Labute approximate surface area is 123 Å². The summed E-state index contributed by atoms with van der Waals surface area (Å²) in [6, 6.07) is 7.75. The lowest BCUT2D eigenvalue weighted by atomic mass is 10.1. The van der Waals surface area contributed by atoms with Crippen molar-refractivity contribution in [2.75, 3.05) is 11.9 Å². The first-order valence-corrected chi connectivity index (χ1v) is 7.24. The van der Waals surface area contributed by atoms with E-state index in [-0.39, 0.29) is 18.0 Å². The molecule has 3 rings (SSSR count). The molecule has 0 spiro atoms. The molecule has 0 aliphatic carbocycles. The highest BCUT2D eigenvalue weighted by Crippen LogP contribution is 2.23. The van der Waals surface area contributed by atoms with Crippen molar-refractivity contribution in [1.29, 1.82) is 0 Å². The summed E-state index contributed by atoms with van der Waals surface area (Å²) in [5.74, 6) is 0.314. The van der Waals surface area contributed by atoms with Crippen molar-refractivity contribution >= 4 is 11.9 Å². The number of anilines is 1. The van der Waals surface area contributed by atoms with Crippen molar-refractivity contribution in [3.05, 3.63) is 41.3 Å². The fraction of sp³-hybridized carbons (Fsp3) is 0.400. The van der Waals surface area contributed by atoms with E-state index in [2.05, 4.69) is 20.8 Å². The van der Waals surface area contributed by atoms with E-state index in [1.165, 1.54) is 0 Å². The average molecular weight is 286 g/mol. The van der Waals surface area contributed by atoms with Gasteiger partial charge in [0.15, 0.2) is 0 Å². The van der Waals surface area contributed by atoms with Gasteiger partial charge >= 0.3 is 6.01 Å². The summed E-state index contributed by atoms with van der Waals surface area (Å²) in [6.45, 7) is 2.97. The van der Waals surface area contributed by atoms with Gasteiger partial charge in [-0.3, -0.25) is 10.1 Å². The molecule has 1 fully saturated rings. The zero-order valence-corrected chi connectivity index (χ0v) is 11.9. The van der Waals surface area contributed by atoms with E-state index in [9.17, 15) is 4.79 Å². The van der Waals surface area contributed by atoms with Crippen LogP contribution in [0.3, 0.4) is 0 Å². The molecule has 1 aromatic carbocycles. The van der Waals surface area contributed by atoms with E-state index in [1.807, 2.05) is 25.1 Å². The lowest BCUT2D eigenvalue weighted by Crippen LogP contribution is -2.14. The van der Waals surface area contributed by atoms with Crippen LogP contribution in [0.1, 0.15) is 47.6 Å². The van der Waals surface area contributed by atoms with Crippen molar-refractivity contribution in [2.24, 2.45) is 0 Å². The van der Waals surface area contributed by atoms with Gasteiger partial charge in [0.2, 0.25) is 5.89 Å². The van der Waals surface area contributed by atoms with Gasteiger partial charge in [0.05, 0.1) is 6.04 Å². The molecule has 0 bridgehead atoms. The van der Waals surface area contributed by atoms with Crippen molar-refractivity contribution < 1.29 is 9.21 Å². The molecule has 1 unspecified atom stereocenters. The van der Waals surface area contributed by atoms with Crippen molar-refractivity contribution in [1.82, 2.24) is 15.5 Å². The van der Waals surface area contributed by atoms with Crippen molar-refractivity contribution in [2.45, 2.75) is 32.2 Å². The molecule has 1 atom stereocenters. The van der Waals surface area contributed by atoms with Crippen molar-refractivity contribution in [3.63, 3.8) is 0 Å². The maximum Gasteiger partial charge on any atom is 0.322 e. The third kappa shape index (κ3) is 2.95. The minimum Gasteiger partial charge on any atom is -0.406 e. The normalized spacial score (nSPS) is 17.9. The highest BCUT2D eigenvalue weighted by molar-refractivity contribution is 6.04. The van der Waals surface area contributed by atoms with Crippen LogP contribution in [0, 0.1) is 0 Å². The number of nitrogens with one attached hydrogen (secondary N) is 2. The number of carbonyl (C=O) groups is 1. The Balaban J connectivity index is 1.72. The summed E-state index contributed by atoms with van der Waals surface area (Å²) in [6.07, 6.45) is 2.87. The number of aryl methyl sites for hydroxylation is 1. The predicted octanol–water partition coefficient (Wildman–Crippen LogP) is 2.31. The molecule has 6 nitrogen and oxygen atoms in total. The molecule has 1 saturated heterocycles. The van der Waals surface area contributed by atoms with E-state index in [0.717, 1.165) is 31.4 Å². The summed E-state index contributed by atoms with van der Waals surface area (Å²) < 4.78 is 5.52. The summed E-state index contributed by atoms with van der Waals surface area (Å²) in [5, 5.41) is 13.8. The number of hydrogen-bond donors (Lipinski definition) is 2. The first-order valence-electron chi connectivity index (χ1n) is 7.24. The number of hydrogen-bond acceptors (Lipinski definition) is 5. The quantitative estimate of drug-likeness (QED) is 0.901. The zero-order valence-electron chi connectivity index (χ0n) is 11.9. The first-order chi connectivity index (χ1) is 10.3. The molecule has 2 aromatic rings. The van der Waals surface area contributed by atoms with Gasteiger partial charge in [0, 0.05) is 5.56 Å². The molecule has 6 heteroatoms. The van der Waals surface area contributed by atoms with E-state index in [4.69, 9.17) is 4.42 Å². The van der Waals surface area contributed by atoms with E-state index in [1.54, 1.807) is 6.07 Å². The molecule has 2 heterocycles. The Morgan fingerprint density at radius 1 is 1.43 bits per heavy atom. The largest absolute Gasteiger partial charge is 0.406 e. The lowest BCUT2D eigenvalue weighted by Gasteiger charge is -2.06. The minimum absolute atomic E-state index is 0.103. The Morgan fingerprint density at radius 2 is 2.29 bits per heavy atom. The van der Waals surface area contributed by atoms with Crippen LogP contribution in [0.5, 0.6) is 0 Å². The fourth-order valence-corrected chi connectivity index (χ4v) is 2.54. The Morgan fingerprint density at radius 3 is 3.05 bits per heavy atom. The second-order valence-electron chi connectivity index (χ2n) is 5.06. The third-order valence-corrected chi connectivity index (χ3v) is 3.66. The molecular weight excluding hydrogens is 268 g/mol. The second-order valence-corrected chi connectivity index (χ2v) is 5.06. The molecule has 0 saturated carbocycles. The highest BCUT2D eigenvalue weighted by Gasteiger charge is 2.22. The number of amides is 1. The average Bonchev–Trinajstić information content (AvgIpc) is 3.17. The van der Waals surface area contributed by atoms with Crippen LogP contribution in [-0.2, 0) is 6.42 Å². The fourth-order valence-electron chi connectivity index (χ4n) is 2.54. The van der Waals surface area contributed by atoms with Gasteiger partial charge in [-0.05, 0) is 37.4 Å². The number of benzene rings is 1. The molecule has 2 N–H and O–H groups in total. The van der Waals surface area contributed by atoms with Crippen LogP contribution < -0.4 is 10.6 Å². The van der Waals surface area contributed by atoms with E-state index < -0.39 is 0 Å². The summed E-state index contributed by atoms with van der Waals surface area (Å²) >= 11 is 0. The van der Waals surface area contributed by atoms with Crippen molar-refractivity contribution in [3.8, 4) is 0 Å². The molecule has 1 aromatic heterocycles. The molecular formula is C15H18N4O2. The van der Waals surface area contributed by atoms with E-state index in [0.29, 0.717) is 11.5 Å². The Bertz CT molecular complexity index is 632. The predicted molar refractivity (Wildman–Crippen MR) is 78.0 cm³/mol. The van der Waals surface area contributed by atoms with Gasteiger partial charge in [-0.2, -0.15) is 0 Å². The van der Waals surface area contributed by atoms with Crippen LogP contribution in [0.4, 0.5) is 6.01 Å². The van der Waals surface area contributed by atoms with E-state index >= 15 is 0 Å². The van der Waals surface area contributed by atoms with Gasteiger partial charge in [0.1, 0.15) is 0 Å². The Kier molecular flexibility index (Phi) is 3.96. The van der Waals surface area contributed by atoms with Gasteiger partial charge in [0.25, 0.3) is 5.91 Å². The maximum atomic E-state index is 12.3. The molecule has 110 valence electrons. The summed E-state index contributed by atoms with van der Waals surface area (Å²) in [4.78, 5) is 12.3. The van der Waals surface area contributed by atoms with Gasteiger partial charge < -0.3 is 9.73 Å². The maximum absolute atomic E-state index is 12.3. The summed E-state index contributed by atoms with van der Waals surface area (Å²) in [5.41, 5.74) is 1.63. The molecule has 1 aliphatic heterocycles. The lowest BCUT2D eigenvalue weighted by molar-refractivity contribution is 0.102. The van der Waals surface area contributed by atoms with Crippen LogP contribution in [0.25, 0.3) is 0 Å². The first kappa shape index (κ1) is 13.8. The number of carbonyl (C=O) groups excluding carboxylic acids is 1. The molecule has 0 radical (unpaired) electrons. The molecule has 1 aliphatic rings. The number of aromatic nitrogens is 2. The third-order valence-electron chi connectivity index (χ3n) is 3.66. The summed E-state index contributed by atoms with van der Waals surface area (Å²) in [7, 11) is 0. The second kappa shape index (κ2) is 6.05. The monoisotopic (exact) mass is 286 g/mol. The van der Waals surface area contributed by atoms with Crippen LogP contribution >= 0.6 is 0 Å². The minimum atomic E-state index is -0.220. The molecule has 21 heavy (non-hydrogen) atoms. The molecule has 1 amide bonds. The van der Waals surface area contributed by atoms with Crippen LogP contribution in [0.15, 0.2) is 28.7 Å². The SMILES string of the molecule is CCc1ccccc1C(=O)Nc1nnc(C2CCCN2)o1. The standard InChI is InChI=1S/C15H18N4O2/c1-2-10-6-3-4-7-11(10)13(20)17-15-19-18-14(21-15)12-8-5-9-16-12/h3-4,6-7,12,16H,2,5,8-9H2,1H3,(H,17,19,20).